The van der Waals surface area contributed by atoms with Gasteiger partial charge in [0.2, 0.25) is 0 Å². The van der Waals surface area contributed by atoms with E-state index in [1.807, 2.05) is 69.3 Å². The molecule has 2 rings (SSSR count). The van der Waals surface area contributed by atoms with E-state index in [0.717, 1.165) is 22.4 Å². The number of rotatable bonds is 4. The molecule has 120 valence electrons. The number of amides is 2. The lowest BCUT2D eigenvalue weighted by molar-refractivity contribution is -0.137. The van der Waals surface area contributed by atoms with Crippen molar-refractivity contribution < 1.29 is 9.59 Å². The number of likely N-dealkylation sites (N-methyl/N-ethyl adjacent to an activating group) is 1. The van der Waals surface area contributed by atoms with E-state index in [0.29, 0.717) is 13.1 Å². The van der Waals surface area contributed by atoms with Gasteiger partial charge in [-0.2, -0.15) is 0 Å². The molecule has 0 unspecified atom stereocenters. The molecule has 0 atom stereocenters. The maximum absolute atomic E-state index is 12.4. The Hall–Kier alpha value is -2.62. The second kappa shape index (κ2) is 7.58. The van der Waals surface area contributed by atoms with Gasteiger partial charge >= 0.3 is 11.8 Å². The number of benzene rings is 2. The number of carbonyl (C=O) groups is 2. The van der Waals surface area contributed by atoms with Crippen LogP contribution in [0.5, 0.6) is 0 Å². The van der Waals surface area contributed by atoms with E-state index < -0.39 is 11.8 Å². The highest BCUT2D eigenvalue weighted by molar-refractivity contribution is 6.40. The molecule has 0 radical (unpaired) electrons. The van der Waals surface area contributed by atoms with E-state index >= 15 is 0 Å². The predicted molar refractivity (Wildman–Crippen MR) is 92.2 cm³/mol. The van der Waals surface area contributed by atoms with E-state index in [1.165, 1.54) is 4.90 Å². The van der Waals surface area contributed by atoms with Crippen molar-refractivity contribution in [2.45, 2.75) is 27.3 Å². The number of hydrogen-bond donors (Lipinski definition) is 1. The summed E-state index contributed by atoms with van der Waals surface area (Å²) in [6.07, 6.45) is 0. The first kappa shape index (κ1) is 16.7. The molecule has 0 heterocycles. The monoisotopic (exact) mass is 310 g/mol. The smallest absolute Gasteiger partial charge is 0.316 e. The molecule has 23 heavy (non-hydrogen) atoms. The third-order valence-corrected chi connectivity index (χ3v) is 3.77. The molecule has 4 heteroatoms. The van der Waals surface area contributed by atoms with Gasteiger partial charge in [-0.1, -0.05) is 36.4 Å². The molecular formula is C19H22N2O2. The Morgan fingerprint density at radius 3 is 2.43 bits per heavy atom. The molecule has 0 saturated heterocycles. The molecule has 0 aromatic heterocycles. The van der Waals surface area contributed by atoms with Crippen LogP contribution in [0.1, 0.15) is 23.6 Å². The SMILES string of the molecule is CCN(C(=O)C(=O)NCc1ccccc1C)c1cccc(C)c1. The zero-order valence-electron chi connectivity index (χ0n) is 13.8. The topological polar surface area (TPSA) is 49.4 Å². The number of nitrogens with zero attached hydrogens (tertiary/aromatic N) is 1. The summed E-state index contributed by atoms with van der Waals surface area (Å²) in [6.45, 7) is 6.59. The summed E-state index contributed by atoms with van der Waals surface area (Å²) in [7, 11) is 0. The quantitative estimate of drug-likeness (QED) is 0.883. The van der Waals surface area contributed by atoms with Crippen molar-refractivity contribution in [3.05, 3.63) is 65.2 Å². The largest absolute Gasteiger partial charge is 0.344 e. The minimum Gasteiger partial charge on any atom is -0.344 e. The summed E-state index contributed by atoms with van der Waals surface area (Å²) in [4.78, 5) is 26.1. The molecule has 0 bridgehead atoms. The Morgan fingerprint density at radius 2 is 1.78 bits per heavy atom. The molecule has 0 aliphatic heterocycles. The van der Waals surface area contributed by atoms with Crippen LogP contribution in [0, 0.1) is 13.8 Å². The number of aryl methyl sites for hydroxylation is 2. The Morgan fingerprint density at radius 1 is 1.04 bits per heavy atom. The predicted octanol–water partition coefficient (Wildman–Crippen LogP) is 2.97. The number of nitrogens with one attached hydrogen (secondary N) is 1. The zero-order valence-corrected chi connectivity index (χ0v) is 13.8. The number of carbonyl (C=O) groups excluding carboxylic acids is 2. The van der Waals surface area contributed by atoms with Gasteiger partial charge in [0.05, 0.1) is 0 Å². The Labute approximate surface area is 137 Å². The van der Waals surface area contributed by atoms with E-state index in [1.54, 1.807) is 0 Å². The minimum atomic E-state index is -0.586. The van der Waals surface area contributed by atoms with Crippen molar-refractivity contribution in [1.82, 2.24) is 5.32 Å². The first-order chi connectivity index (χ1) is 11.0. The number of anilines is 1. The highest BCUT2D eigenvalue weighted by Gasteiger charge is 2.21. The van der Waals surface area contributed by atoms with Crippen LogP contribution in [0.15, 0.2) is 48.5 Å². The summed E-state index contributed by atoms with van der Waals surface area (Å²) < 4.78 is 0. The summed E-state index contributed by atoms with van der Waals surface area (Å²) in [5.41, 5.74) is 3.89. The summed E-state index contributed by atoms with van der Waals surface area (Å²) in [5, 5.41) is 2.71. The molecule has 1 N–H and O–H groups in total. The van der Waals surface area contributed by atoms with E-state index in [-0.39, 0.29) is 0 Å². The van der Waals surface area contributed by atoms with Gasteiger partial charge in [-0.25, -0.2) is 0 Å². The van der Waals surface area contributed by atoms with Crippen molar-refractivity contribution in [1.29, 1.82) is 0 Å². The molecular weight excluding hydrogens is 288 g/mol. The molecule has 4 nitrogen and oxygen atoms in total. The molecule has 2 aromatic rings. The lowest BCUT2D eigenvalue weighted by Gasteiger charge is -2.21. The molecule has 0 saturated carbocycles. The molecule has 2 amide bonds. The van der Waals surface area contributed by atoms with Gasteiger partial charge in [0, 0.05) is 18.8 Å². The van der Waals surface area contributed by atoms with Crippen LogP contribution < -0.4 is 10.2 Å². The molecule has 0 fully saturated rings. The maximum Gasteiger partial charge on any atom is 0.316 e. The average molecular weight is 310 g/mol. The van der Waals surface area contributed by atoms with E-state index in [2.05, 4.69) is 5.32 Å². The van der Waals surface area contributed by atoms with Gasteiger partial charge in [-0.15, -0.1) is 0 Å². The summed E-state index contributed by atoms with van der Waals surface area (Å²) in [5.74, 6) is -1.12. The van der Waals surface area contributed by atoms with E-state index in [4.69, 9.17) is 0 Å². The first-order valence-corrected chi connectivity index (χ1v) is 7.73. The first-order valence-electron chi connectivity index (χ1n) is 7.73. The molecule has 0 spiro atoms. The second-order valence-corrected chi connectivity index (χ2v) is 5.50. The third-order valence-electron chi connectivity index (χ3n) is 3.77. The fourth-order valence-electron chi connectivity index (χ4n) is 2.42. The van der Waals surface area contributed by atoms with Crippen LogP contribution in [0.4, 0.5) is 5.69 Å². The highest BCUT2D eigenvalue weighted by Crippen LogP contribution is 2.16. The van der Waals surface area contributed by atoms with Crippen molar-refractivity contribution >= 4 is 17.5 Å². The fourth-order valence-corrected chi connectivity index (χ4v) is 2.42. The van der Waals surface area contributed by atoms with Gasteiger partial charge in [0.25, 0.3) is 0 Å². The highest BCUT2D eigenvalue weighted by atomic mass is 16.2. The van der Waals surface area contributed by atoms with Crippen LogP contribution >= 0.6 is 0 Å². The Bertz CT molecular complexity index is 710. The van der Waals surface area contributed by atoms with Crippen LogP contribution in [0.25, 0.3) is 0 Å². The average Bonchev–Trinajstić information content (AvgIpc) is 2.54. The van der Waals surface area contributed by atoms with Gasteiger partial charge in [0.15, 0.2) is 0 Å². The summed E-state index contributed by atoms with van der Waals surface area (Å²) in [6, 6.07) is 15.4. The third kappa shape index (κ3) is 4.19. The van der Waals surface area contributed by atoms with Crippen molar-refractivity contribution in [3.8, 4) is 0 Å². The van der Waals surface area contributed by atoms with Crippen molar-refractivity contribution in [2.24, 2.45) is 0 Å². The molecule has 0 aliphatic carbocycles. The number of hydrogen-bond acceptors (Lipinski definition) is 2. The zero-order chi connectivity index (χ0) is 16.8. The molecule has 0 aliphatic rings. The van der Waals surface area contributed by atoms with Crippen LogP contribution in [-0.4, -0.2) is 18.4 Å². The van der Waals surface area contributed by atoms with Crippen molar-refractivity contribution in [3.63, 3.8) is 0 Å². The lowest BCUT2D eigenvalue weighted by Crippen LogP contribution is -2.43. The van der Waals surface area contributed by atoms with Crippen molar-refractivity contribution in [2.75, 3.05) is 11.4 Å². The van der Waals surface area contributed by atoms with Gasteiger partial charge in [-0.3, -0.25) is 9.59 Å². The van der Waals surface area contributed by atoms with Crippen LogP contribution in [-0.2, 0) is 16.1 Å². The normalized spacial score (nSPS) is 10.2. The van der Waals surface area contributed by atoms with Crippen LogP contribution in [0.2, 0.25) is 0 Å². The lowest BCUT2D eigenvalue weighted by atomic mass is 10.1. The van der Waals surface area contributed by atoms with Gasteiger partial charge in [0.1, 0.15) is 0 Å². The standard InChI is InChI=1S/C19H22N2O2/c1-4-21(17-11-7-8-14(2)12-17)19(23)18(22)20-13-16-10-6-5-9-15(16)3/h5-12H,4,13H2,1-3H3,(H,20,22). The van der Waals surface area contributed by atoms with E-state index in [9.17, 15) is 9.59 Å². The second-order valence-electron chi connectivity index (χ2n) is 5.50. The van der Waals surface area contributed by atoms with Gasteiger partial charge < -0.3 is 10.2 Å². The summed E-state index contributed by atoms with van der Waals surface area (Å²) >= 11 is 0. The molecule has 2 aromatic carbocycles. The van der Waals surface area contributed by atoms with Gasteiger partial charge in [-0.05, 0) is 49.6 Å². The minimum absolute atomic E-state index is 0.350. The fraction of sp³-hybridized carbons (Fsp3) is 0.263. The Balaban J connectivity index is 2.06. The van der Waals surface area contributed by atoms with Crippen LogP contribution in [0.3, 0.4) is 0 Å². The Kier molecular flexibility index (Phi) is 5.52. The maximum atomic E-state index is 12.4.